The fourth-order valence-electron chi connectivity index (χ4n) is 2.79. The molecule has 0 aliphatic rings. The van der Waals surface area contributed by atoms with Gasteiger partial charge in [-0.05, 0) is 31.0 Å². The smallest absolute Gasteiger partial charge is 0.230 e. The Labute approximate surface area is 157 Å². The molecule has 1 heterocycles. The average molecular weight is 366 g/mol. The van der Waals surface area contributed by atoms with Gasteiger partial charge in [0.15, 0.2) is 5.16 Å². The summed E-state index contributed by atoms with van der Waals surface area (Å²) in [5, 5.41) is 12.1. The summed E-state index contributed by atoms with van der Waals surface area (Å²) in [7, 11) is 1.64. The zero-order valence-corrected chi connectivity index (χ0v) is 16.0. The minimum absolute atomic E-state index is 0.0326. The van der Waals surface area contributed by atoms with Crippen LogP contribution in [-0.2, 0) is 11.2 Å². The Morgan fingerprint density at radius 2 is 1.88 bits per heavy atom. The Hall–Kier alpha value is -2.60. The number of hydrogen-bond acceptors (Lipinski definition) is 4. The van der Waals surface area contributed by atoms with E-state index >= 15 is 0 Å². The van der Waals surface area contributed by atoms with Crippen molar-refractivity contribution >= 4 is 17.7 Å². The van der Waals surface area contributed by atoms with Crippen LogP contribution >= 0.6 is 11.8 Å². The number of benzene rings is 2. The highest BCUT2D eigenvalue weighted by molar-refractivity contribution is 7.99. The molecule has 0 bridgehead atoms. The first-order valence-corrected chi connectivity index (χ1v) is 9.46. The van der Waals surface area contributed by atoms with E-state index in [2.05, 4.69) is 64.3 Å². The summed E-state index contributed by atoms with van der Waals surface area (Å²) in [6, 6.07) is 16.5. The van der Waals surface area contributed by atoms with Gasteiger partial charge < -0.3 is 5.32 Å². The summed E-state index contributed by atoms with van der Waals surface area (Å²) >= 11 is 1.40. The van der Waals surface area contributed by atoms with Crippen LogP contribution in [0.4, 0.5) is 0 Å². The van der Waals surface area contributed by atoms with Crippen LogP contribution in [-0.4, -0.2) is 33.5 Å². The third-order valence-electron chi connectivity index (χ3n) is 4.11. The molecule has 1 N–H and O–H groups in total. The lowest BCUT2D eigenvalue weighted by Crippen LogP contribution is -2.20. The van der Waals surface area contributed by atoms with E-state index in [-0.39, 0.29) is 5.91 Å². The van der Waals surface area contributed by atoms with Crippen LogP contribution in [0.5, 0.6) is 0 Å². The summed E-state index contributed by atoms with van der Waals surface area (Å²) < 4.78 is 2.06. The van der Waals surface area contributed by atoms with E-state index in [4.69, 9.17) is 0 Å². The average Bonchev–Trinajstić information content (AvgIpc) is 3.03. The molecule has 0 atom stereocenters. The van der Waals surface area contributed by atoms with Crippen LogP contribution in [0.3, 0.4) is 0 Å². The summed E-state index contributed by atoms with van der Waals surface area (Å²) in [6.07, 6.45) is 0.682. The first-order chi connectivity index (χ1) is 12.6. The molecule has 3 aromatic rings. The van der Waals surface area contributed by atoms with Gasteiger partial charge in [-0.2, -0.15) is 0 Å². The normalized spacial score (nSPS) is 10.7. The Kier molecular flexibility index (Phi) is 5.73. The predicted molar refractivity (Wildman–Crippen MR) is 105 cm³/mol. The lowest BCUT2D eigenvalue weighted by Gasteiger charge is -2.13. The first kappa shape index (κ1) is 18.2. The molecule has 2 aromatic carbocycles. The summed E-state index contributed by atoms with van der Waals surface area (Å²) in [6.45, 7) is 4.16. The molecule has 0 unspecified atom stereocenters. The topological polar surface area (TPSA) is 59.8 Å². The number of aryl methyl sites for hydroxylation is 2. The zero-order chi connectivity index (χ0) is 18.5. The molecule has 0 saturated heterocycles. The number of carbonyl (C=O) groups is 1. The quantitative estimate of drug-likeness (QED) is 0.680. The van der Waals surface area contributed by atoms with Crippen LogP contribution in [0, 0.1) is 13.8 Å². The van der Waals surface area contributed by atoms with Gasteiger partial charge in [-0.3, -0.25) is 9.36 Å². The lowest BCUT2D eigenvalue weighted by molar-refractivity contribution is -0.118. The second-order valence-electron chi connectivity index (χ2n) is 6.15. The highest BCUT2D eigenvalue weighted by atomic mass is 32.2. The van der Waals surface area contributed by atoms with Crippen LogP contribution in [0.2, 0.25) is 0 Å². The highest BCUT2D eigenvalue weighted by Gasteiger charge is 2.17. The maximum absolute atomic E-state index is 11.7. The molecule has 3 rings (SSSR count). The first-order valence-electron chi connectivity index (χ1n) is 8.47. The molecule has 0 spiro atoms. The van der Waals surface area contributed by atoms with Crippen LogP contribution in [0.1, 0.15) is 22.5 Å². The number of aromatic nitrogens is 3. The number of amides is 1. The molecule has 0 radical (unpaired) electrons. The van der Waals surface area contributed by atoms with Gasteiger partial charge in [0, 0.05) is 13.5 Å². The van der Waals surface area contributed by atoms with Gasteiger partial charge in [-0.15, -0.1) is 10.2 Å². The zero-order valence-electron chi connectivity index (χ0n) is 15.2. The van der Waals surface area contributed by atoms with E-state index in [0.29, 0.717) is 12.2 Å². The molecule has 26 heavy (non-hydrogen) atoms. The molecule has 1 aromatic heterocycles. The largest absolute Gasteiger partial charge is 0.358 e. The van der Waals surface area contributed by atoms with Crippen molar-refractivity contribution in [1.82, 2.24) is 20.1 Å². The molecular formula is C20H22N4OS. The lowest BCUT2D eigenvalue weighted by atomic mass is 10.1. The fourth-order valence-corrected chi connectivity index (χ4v) is 3.62. The van der Waals surface area contributed by atoms with Crippen LogP contribution < -0.4 is 5.32 Å². The Balaban J connectivity index is 2.01. The van der Waals surface area contributed by atoms with Gasteiger partial charge >= 0.3 is 0 Å². The van der Waals surface area contributed by atoms with Crippen molar-refractivity contribution in [2.45, 2.75) is 25.4 Å². The second-order valence-corrected chi connectivity index (χ2v) is 7.09. The van der Waals surface area contributed by atoms with E-state index in [0.717, 1.165) is 22.2 Å². The monoisotopic (exact) mass is 366 g/mol. The van der Waals surface area contributed by atoms with Gasteiger partial charge in [0.2, 0.25) is 5.91 Å². The standard InChI is InChI=1S/C20H22N4OS/c1-14-9-10-17(15(2)11-14)24-18(12-16-7-5-4-6-8-16)22-23-20(24)26-13-19(25)21-3/h4-11H,12-13H2,1-3H3,(H,21,25). The maximum Gasteiger partial charge on any atom is 0.230 e. The highest BCUT2D eigenvalue weighted by Crippen LogP contribution is 2.26. The minimum Gasteiger partial charge on any atom is -0.358 e. The molecule has 0 saturated carbocycles. The van der Waals surface area contributed by atoms with Gasteiger partial charge in [0.25, 0.3) is 0 Å². The van der Waals surface area contributed by atoms with Crippen molar-refractivity contribution in [2.24, 2.45) is 0 Å². The minimum atomic E-state index is -0.0326. The molecule has 0 fully saturated rings. The number of hydrogen-bond donors (Lipinski definition) is 1. The Morgan fingerprint density at radius 1 is 1.12 bits per heavy atom. The molecule has 6 heteroatoms. The van der Waals surface area contributed by atoms with Crippen molar-refractivity contribution < 1.29 is 4.79 Å². The third kappa shape index (κ3) is 4.14. The van der Waals surface area contributed by atoms with Crippen molar-refractivity contribution in [3.8, 4) is 5.69 Å². The number of rotatable bonds is 6. The van der Waals surface area contributed by atoms with E-state index < -0.39 is 0 Å². The fraction of sp³-hybridized carbons (Fsp3) is 0.250. The number of thioether (sulfide) groups is 1. The molecule has 134 valence electrons. The summed E-state index contributed by atoms with van der Waals surface area (Å²) in [5.74, 6) is 1.14. The van der Waals surface area contributed by atoms with Crippen molar-refractivity contribution in [3.05, 3.63) is 71.0 Å². The number of nitrogens with one attached hydrogen (secondary N) is 1. The van der Waals surface area contributed by atoms with Crippen molar-refractivity contribution in [1.29, 1.82) is 0 Å². The third-order valence-corrected chi connectivity index (χ3v) is 5.04. The van der Waals surface area contributed by atoms with E-state index in [1.807, 2.05) is 18.2 Å². The predicted octanol–water partition coefficient (Wildman–Crippen LogP) is 3.31. The molecule has 1 amide bonds. The van der Waals surface area contributed by atoms with E-state index in [1.54, 1.807) is 7.05 Å². The molecule has 0 aliphatic carbocycles. The van der Waals surface area contributed by atoms with Gasteiger partial charge in [0.1, 0.15) is 5.82 Å². The van der Waals surface area contributed by atoms with E-state index in [1.165, 1.54) is 22.9 Å². The number of nitrogens with zero attached hydrogens (tertiary/aromatic N) is 3. The second kappa shape index (κ2) is 8.19. The molecule has 5 nitrogen and oxygen atoms in total. The van der Waals surface area contributed by atoms with Gasteiger partial charge in [-0.25, -0.2) is 0 Å². The van der Waals surface area contributed by atoms with Crippen LogP contribution in [0.25, 0.3) is 5.69 Å². The molecule has 0 aliphatic heterocycles. The number of carbonyl (C=O) groups excluding carboxylic acids is 1. The summed E-state index contributed by atoms with van der Waals surface area (Å²) in [5.41, 5.74) is 4.59. The molecular weight excluding hydrogens is 344 g/mol. The maximum atomic E-state index is 11.7. The van der Waals surface area contributed by atoms with Gasteiger partial charge in [-0.1, -0.05) is 59.8 Å². The SMILES string of the molecule is CNC(=O)CSc1nnc(Cc2ccccc2)n1-c1ccc(C)cc1C. The van der Waals surface area contributed by atoms with E-state index in [9.17, 15) is 4.79 Å². The van der Waals surface area contributed by atoms with Crippen molar-refractivity contribution in [2.75, 3.05) is 12.8 Å². The van der Waals surface area contributed by atoms with Crippen molar-refractivity contribution in [3.63, 3.8) is 0 Å². The van der Waals surface area contributed by atoms with Gasteiger partial charge in [0.05, 0.1) is 11.4 Å². The van der Waals surface area contributed by atoms with Crippen LogP contribution in [0.15, 0.2) is 53.7 Å². The Bertz CT molecular complexity index is 905. The Morgan fingerprint density at radius 3 is 2.58 bits per heavy atom. The summed E-state index contributed by atoms with van der Waals surface area (Å²) in [4.78, 5) is 11.7.